The summed E-state index contributed by atoms with van der Waals surface area (Å²) >= 11 is 6.24. The molecule has 1 atom stereocenters. The van der Waals surface area contributed by atoms with Crippen molar-refractivity contribution in [1.82, 2.24) is 14.9 Å². The first-order valence-corrected chi connectivity index (χ1v) is 12.7. The van der Waals surface area contributed by atoms with Gasteiger partial charge in [-0.3, -0.25) is 9.59 Å². The molecule has 1 amide bonds. The van der Waals surface area contributed by atoms with E-state index in [4.69, 9.17) is 21.3 Å². The standard InChI is InChI=1S/C28H31ClFN3O3/c1-17(2)26-25(28(35)31-16-19-8-7-18(3)23(29)15-19)32-27(20-9-11-21(30)12-10-20)33(26)14-13-22-5-4-6-24(34)36-22/h7-12,15,17,22H,4-6,13-14,16H2,1-3H3,(H,31,35). The summed E-state index contributed by atoms with van der Waals surface area (Å²) in [5, 5.41) is 3.62. The predicted molar refractivity (Wildman–Crippen MR) is 137 cm³/mol. The monoisotopic (exact) mass is 511 g/mol. The molecule has 1 aromatic heterocycles. The zero-order chi connectivity index (χ0) is 25.8. The molecule has 1 N–H and O–H groups in total. The summed E-state index contributed by atoms with van der Waals surface area (Å²) in [4.78, 5) is 29.9. The second-order valence-corrected chi connectivity index (χ2v) is 9.95. The number of aromatic nitrogens is 2. The number of imidazole rings is 1. The molecule has 1 saturated heterocycles. The number of hydrogen-bond acceptors (Lipinski definition) is 4. The Balaban J connectivity index is 1.65. The molecule has 36 heavy (non-hydrogen) atoms. The Labute approximate surface area is 215 Å². The number of carbonyl (C=O) groups is 2. The first-order valence-electron chi connectivity index (χ1n) is 12.3. The van der Waals surface area contributed by atoms with Gasteiger partial charge >= 0.3 is 5.97 Å². The van der Waals surface area contributed by atoms with Crippen molar-refractivity contribution in [2.24, 2.45) is 0 Å². The van der Waals surface area contributed by atoms with E-state index in [2.05, 4.69) is 5.32 Å². The van der Waals surface area contributed by atoms with Gasteiger partial charge in [0, 0.05) is 36.5 Å². The lowest BCUT2D eigenvalue weighted by Crippen LogP contribution is -2.26. The predicted octanol–water partition coefficient (Wildman–Crippen LogP) is 6.19. The number of carbonyl (C=O) groups excluding carboxylic acids is 2. The summed E-state index contributed by atoms with van der Waals surface area (Å²) in [5.41, 5.74) is 3.70. The number of halogens is 2. The van der Waals surface area contributed by atoms with Crippen LogP contribution in [0.2, 0.25) is 5.02 Å². The molecule has 6 nitrogen and oxygen atoms in total. The van der Waals surface area contributed by atoms with Crippen molar-refractivity contribution in [3.63, 3.8) is 0 Å². The molecule has 2 heterocycles. The number of aryl methyl sites for hydroxylation is 1. The highest BCUT2D eigenvalue weighted by Gasteiger charge is 2.27. The number of esters is 1. The average molecular weight is 512 g/mol. The highest BCUT2D eigenvalue weighted by atomic mass is 35.5. The van der Waals surface area contributed by atoms with Gasteiger partial charge in [0.1, 0.15) is 23.4 Å². The SMILES string of the molecule is Cc1ccc(CNC(=O)c2nc(-c3ccc(F)cc3)n(CCC3CCCC(=O)O3)c2C(C)C)cc1Cl. The minimum atomic E-state index is -0.343. The van der Waals surface area contributed by atoms with Gasteiger partial charge in [-0.15, -0.1) is 0 Å². The van der Waals surface area contributed by atoms with Gasteiger partial charge in [-0.1, -0.05) is 37.6 Å². The van der Waals surface area contributed by atoms with E-state index in [9.17, 15) is 14.0 Å². The molecular formula is C28H31ClFN3O3. The number of ether oxygens (including phenoxy) is 1. The lowest BCUT2D eigenvalue weighted by atomic mass is 10.0. The Morgan fingerprint density at radius 1 is 1.25 bits per heavy atom. The Bertz CT molecular complexity index is 1250. The fourth-order valence-electron chi connectivity index (χ4n) is 4.53. The van der Waals surface area contributed by atoms with Crippen LogP contribution in [-0.2, 0) is 22.6 Å². The molecule has 1 fully saturated rings. The smallest absolute Gasteiger partial charge is 0.306 e. The highest BCUT2D eigenvalue weighted by Crippen LogP contribution is 2.30. The van der Waals surface area contributed by atoms with Gasteiger partial charge in [0.2, 0.25) is 0 Å². The fraction of sp³-hybridized carbons (Fsp3) is 0.393. The van der Waals surface area contributed by atoms with Gasteiger partial charge in [-0.25, -0.2) is 9.37 Å². The molecule has 1 aliphatic heterocycles. The van der Waals surface area contributed by atoms with E-state index < -0.39 is 0 Å². The summed E-state index contributed by atoms with van der Waals surface area (Å²) in [5.74, 6) is -0.220. The molecule has 0 saturated carbocycles. The topological polar surface area (TPSA) is 73.2 Å². The maximum Gasteiger partial charge on any atom is 0.306 e. The van der Waals surface area contributed by atoms with Gasteiger partial charge in [0.25, 0.3) is 5.91 Å². The lowest BCUT2D eigenvalue weighted by molar-refractivity contribution is -0.154. The Morgan fingerprint density at radius 2 is 2.00 bits per heavy atom. The summed E-state index contributed by atoms with van der Waals surface area (Å²) < 4.78 is 21.2. The van der Waals surface area contributed by atoms with Gasteiger partial charge in [0.15, 0.2) is 0 Å². The lowest BCUT2D eigenvalue weighted by Gasteiger charge is -2.23. The molecule has 190 valence electrons. The number of benzene rings is 2. The molecule has 0 aliphatic carbocycles. The van der Waals surface area contributed by atoms with Crippen LogP contribution >= 0.6 is 11.6 Å². The number of rotatable bonds is 8. The molecule has 3 aromatic rings. The Morgan fingerprint density at radius 3 is 2.67 bits per heavy atom. The molecule has 0 bridgehead atoms. The minimum Gasteiger partial charge on any atom is -0.462 e. The van der Waals surface area contributed by atoms with Crippen molar-refractivity contribution in [2.75, 3.05) is 0 Å². The number of nitrogens with zero attached hydrogens (tertiary/aromatic N) is 2. The third-order valence-corrected chi connectivity index (χ3v) is 6.85. The Hall–Kier alpha value is -3.19. The van der Waals surface area contributed by atoms with Crippen LogP contribution in [0.15, 0.2) is 42.5 Å². The third-order valence-electron chi connectivity index (χ3n) is 6.44. The molecule has 4 rings (SSSR count). The van der Waals surface area contributed by atoms with Gasteiger partial charge < -0.3 is 14.6 Å². The van der Waals surface area contributed by atoms with E-state index in [1.807, 2.05) is 43.5 Å². The van der Waals surface area contributed by atoms with E-state index in [0.717, 1.165) is 29.7 Å². The van der Waals surface area contributed by atoms with Crippen LogP contribution in [0.5, 0.6) is 0 Å². The summed E-state index contributed by atoms with van der Waals surface area (Å²) in [7, 11) is 0. The van der Waals surface area contributed by atoms with E-state index in [0.29, 0.717) is 48.0 Å². The highest BCUT2D eigenvalue weighted by molar-refractivity contribution is 6.31. The van der Waals surface area contributed by atoms with Crippen LogP contribution in [0, 0.1) is 12.7 Å². The Kier molecular flexibility index (Phi) is 8.09. The molecule has 8 heteroatoms. The van der Waals surface area contributed by atoms with Crippen LogP contribution in [0.4, 0.5) is 4.39 Å². The summed E-state index contributed by atoms with van der Waals surface area (Å²) in [6, 6.07) is 11.8. The first-order chi connectivity index (χ1) is 17.2. The van der Waals surface area contributed by atoms with Crippen molar-refractivity contribution >= 4 is 23.5 Å². The van der Waals surface area contributed by atoms with Crippen molar-refractivity contribution in [3.8, 4) is 11.4 Å². The van der Waals surface area contributed by atoms with Crippen molar-refractivity contribution in [1.29, 1.82) is 0 Å². The molecule has 1 aliphatic rings. The molecule has 0 spiro atoms. The first kappa shape index (κ1) is 25.9. The van der Waals surface area contributed by atoms with Crippen LogP contribution in [0.25, 0.3) is 11.4 Å². The zero-order valence-electron chi connectivity index (χ0n) is 20.8. The fourth-order valence-corrected chi connectivity index (χ4v) is 4.73. The van der Waals surface area contributed by atoms with Crippen molar-refractivity contribution < 1.29 is 18.7 Å². The van der Waals surface area contributed by atoms with E-state index >= 15 is 0 Å². The maximum absolute atomic E-state index is 13.6. The van der Waals surface area contributed by atoms with Gasteiger partial charge in [0.05, 0.1) is 5.69 Å². The van der Waals surface area contributed by atoms with Crippen LogP contribution in [-0.4, -0.2) is 27.5 Å². The van der Waals surface area contributed by atoms with Crippen molar-refractivity contribution in [2.45, 2.75) is 71.6 Å². The molecule has 1 unspecified atom stereocenters. The average Bonchev–Trinajstić information content (AvgIpc) is 3.24. The quantitative estimate of drug-likeness (QED) is 0.366. The van der Waals surface area contributed by atoms with Crippen LogP contribution < -0.4 is 5.32 Å². The van der Waals surface area contributed by atoms with Crippen LogP contribution in [0.3, 0.4) is 0 Å². The van der Waals surface area contributed by atoms with E-state index in [1.54, 1.807) is 12.1 Å². The number of cyclic esters (lactones) is 1. The maximum atomic E-state index is 13.6. The molecule has 0 radical (unpaired) electrons. The normalized spacial score (nSPS) is 15.7. The molecule has 2 aromatic carbocycles. The molecular weight excluding hydrogens is 481 g/mol. The second-order valence-electron chi connectivity index (χ2n) is 9.54. The number of nitrogens with one attached hydrogen (secondary N) is 1. The van der Waals surface area contributed by atoms with Crippen LogP contribution in [0.1, 0.15) is 72.8 Å². The third kappa shape index (κ3) is 5.95. The van der Waals surface area contributed by atoms with Gasteiger partial charge in [-0.05, 0) is 67.1 Å². The number of hydrogen-bond donors (Lipinski definition) is 1. The van der Waals surface area contributed by atoms with Crippen molar-refractivity contribution in [3.05, 3.63) is 75.8 Å². The van der Waals surface area contributed by atoms with E-state index in [1.165, 1.54) is 12.1 Å². The summed E-state index contributed by atoms with van der Waals surface area (Å²) in [6.07, 6.45) is 2.52. The number of amides is 1. The summed E-state index contributed by atoms with van der Waals surface area (Å²) in [6.45, 7) is 6.79. The minimum absolute atomic E-state index is 0.00447. The second kappa shape index (κ2) is 11.2. The largest absolute Gasteiger partial charge is 0.462 e. The van der Waals surface area contributed by atoms with Gasteiger partial charge in [-0.2, -0.15) is 0 Å². The zero-order valence-corrected chi connectivity index (χ0v) is 21.6. The van der Waals surface area contributed by atoms with E-state index in [-0.39, 0.29) is 29.7 Å².